The zero-order valence-electron chi connectivity index (χ0n) is 10.1. The van der Waals surface area contributed by atoms with Gasteiger partial charge >= 0.3 is 0 Å². The smallest absolute Gasteiger partial charge is 0.133 e. The number of hydrogen-bond acceptors (Lipinski definition) is 3. The van der Waals surface area contributed by atoms with Gasteiger partial charge in [0.1, 0.15) is 17.6 Å². The molecule has 0 aliphatic heterocycles. The number of furan rings is 1. The molecule has 1 aromatic carbocycles. The quantitative estimate of drug-likeness (QED) is 0.912. The number of rotatable bonds is 4. The van der Waals surface area contributed by atoms with Crippen LogP contribution < -0.4 is 5.73 Å². The summed E-state index contributed by atoms with van der Waals surface area (Å²) in [5.74, 6) is 1.15. The highest BCUT2D eigenvalue weighted by atomic mass is 79.9. The van der Waals surface area contributed by atoms with Gasteiger partial charge in [-0.2, -0.15) is 0 Å². The predicted octanol–water partition coefficient (Wildman–Crippen LogP) is 3.13. The van der Waals surface area contributed by atoms with E-state index in [-0.39, 0.29) is 5.92 Å². The molecule has 0 fully saturated rings. The van der Waals surface area contributed by atoms with E-state index in [1.165, 1.54) is 0 Å². The van der Waals surface area contributed by atoms with E-state index in [0.29, 0.717) is 12.3 Å². The molecule has 2 rings (SSSR count). The number of benzene rings is 1. The van der Waals surface area contributed by atoms with Crippen LogP contribution in [0.15, 0.2) is 45.3 Å². The number of halogens is 1. The molecule has 0 saturated heterocycles. The minimum Gasteiger partial charge on any atom is -0.464 e. The van der Waals surface area contributed by atoms with Crippen LogP contribution in [0.3, 0.4) is 0 Å². The summed E-state index contributed by atoms with van der Waals surface area (Å²) >= 11 is 3.49. The van der Waals surface area contributed by atoms with E-state index < -0.39 is 6.10 Å². The van der Waals surface area contributed by atoms with E-state index in [9.17, 15) is 5.11 Å². The fourth-order valence-electron chi connectivity index (χ4n) is 2.01. The maximum atomic E-state index is 10.4. The van der Waals surface area contributed by atoms with Crippen LogP contribution in [-0.2, 0) is 0 Å². The van der Waals surface area contributed by atoms with Crippen LogP contribution in [-0.4, -0.2) is 11.7 Å². The molecule has 1 heterocycles. The van der Waals surface area contributed by atoms with E-state index in [4.69, 9.17) is 10.2 Å². The van der Waals surface area contributed by atoms with Crippen LogP contribution in [0.1, 0.15) is 29.1 Å². The van der Waals surface area contributed by atoms with Gasteiger partial charge < -0.3 is 15.3 Å². The van der Waals surface area contributed by atoms with Crippen molar-refractivity contribution in [2.45, 2.75) is 18.9 Å². The van der Waals surface area contributed by atoms with E-state index in [0.717, 1.165) is 15.8 Å². The maximum Gasteiger partial charge on any atom is 0.133 e. The molecule has 1 aromatic heterocycles. The molecule has 2 aromatic rings. The van der Waals surface area contributed by atoms with E-state index in [1.807, 2.05) is 37.3 Å². The minimum atomic E-state index is -0.734. The van der Waals surface area contributed by atoms with E-state index >= 15 is 0 Å². The van der Waals surface area contributed by atoms with Crippen molar-refractivity contribution in [1.29, 1.82) is 0 Å². The van der Waals surface area contributed by atoms with Gasteiger partial charge in [-0.3, -0.25) is 0 Å². The summed E-state index contributed by atoms with van der Waals surface area (Å²) in [4.78, 5) is 0. The highest BCUT2D eigenvalue weighted by molar-refractivity contribution is 9.10. The van der Waals surface area contributed by atoms with E-state index in [1.54, 1.807) is 6.07 Å². The first kappa shape index (κ1) is 13.3. The summed E-state index contributed by atoms with van der Waals surface area (Å²) in [5, 5.41) is 10.4. The number of aliphatic hydroxyl groups excluding tert-OH is 1. The molecule has 0 saturated carbocycles. The third kappa shape index (κ3) is 2.66. The molecule has 96 valence electrons. The van der Waals surface area contributed by atoms with Gasteiger partial charge in [0.25, 0.3) is 0 Å². The topological polar surface area (TPSA) is 59.4 Å². The molecule has 18 heavy (non-hydrogen) atoms. The molecule has 0 bridgehead atoms. The fraction of sp³-hybridized carbons (Fsp3) is 0.286. The Labute approximate surface area is 115 Å². The van der Waals surface area contributed by atoms with Gasteiger partial charge in [0.2, 0.25) is 0 Å². The second-order valence-electron chi connectivity index (χ2n) is 4.26. The highest BCUT2D eigenvalue weighted by Gasteiger charge is 2.25. The van der Waals surface area contributed by atoms with Gasteiger partial charge in [0.15, 0.2) is 0 Å². The molecule has 0 aliphatic rings. The predicted molar refractivity (Wildman–Crippen MR) is 74.3 cm³/mol. The Morgan fingerprint density at radius 3 is 2.56 bits per heavy atom. The second-order valence-corrected chi connectivity index (χ2v) is 5.11. The lowest BCUT2D eigenvalue weighted by Crippen LogP contribution is -2.20. The van der Waals surface area contributed by atoms with Crippen molar-refractivity contribution in [2.75, 3.05) is 6.54 Å². The summed E-state index contributed by atoms with van der Waals surface area (Å²) in [6.07, 6.45) is -0.734. The molecule has 2 atom stereocenters. The van der Waals surface area contributed by atoms with Gasteiger partial charge in [-0.15, -0.1) is 0 Å². The highest BCUT2D eigenvalue weighted by Crippen LogP contribution is 2.34. The van der Waals surface area contributed by atoms with Crippen molar-refractivity contribution in [3.05, 3.63) is 58.0 Å². The molecule has 0 aliphatic carbocycles. The van der Waals surface area contributed by atoms with Gasteiger partial charge in [-0.25, -0.2) is 0 Å². The van der Waals surface area contributed by atoms with Gasteiger partial charge in [0.05, 0.1) is 0 Å². The molecule has 2 unspecified atom stereocenters. The Morgan fingerprint density at radius 2 is 2.00 bits per heavy atom. The van der Waals surface area contributed by atoms with Gasteiger partial charge in [-0.1, -0.05) is 34.1 Å². The summed E-state index contributed by atoms with van der Waals surface area (Å²) in [6, 6.07) is 11.4. The van der Waals surface area contributed by atoms with Crippen molar-refractivity contribution in [2.24, 2.45) is 5.73 Å². The molecule has 0 amide bonds. The Hall–Kier alpha value is -1.10. The van der Waals surface area contributed by atoms with Crippen LogP contribution in [0.5, 0.6) is 0 Å². The lowest BCUT2D eigenvalue weighted by Gasteiger charge is -2.21. The largest absolute Gasteiger partial charge is 0.464 e. The Kier molecular flexibility index (Phi) is 4.22. The number of nitrogens with two attached hydrogens (primary N) is 1. The third-order valence-electron chi connectivity index (χ3n) is 2.99. The molecule has 3 nitrogen and oxygen atoms in total. The molecule has 4 heteroatoms. The normalized spacial score (nSPS) is 14.4. The molecule has 0 radical (unpaired) electrons. The fourth-order valence-corrected chi connectivity index (χ4v) is 2.59. The second kappa shape index (κ2) is 5.69. The molecule has 0 spiro atoms. The van der Waals surface area contributed by atoms with Crippen LogP contribution in [0.2, 0.25) is 0 Å². The molecular weight excluding hydrogens is 294 g/mol. The van der Waals surface area contributed by atoms with Crippen LogP contribution in [0.25, 0.3) is 0 Å². The van der Waals surface area contributed by atoms with Crippen molar-refractivity contribution in [3.8, 4) is 0 Å². The lowest BCUT2D eigenvalue weighted by molar-refractivity contribution is 0.120. The third-order valence-corrected chi connectivity index (χ3v) is 3.71. The first-order valence-corrected chi connectivity index (χ1v) is 6.61. The number of aryl methyl sites for hydroxylation is 1. The first-order valence-electron chi connectivity index (χ1n) is 5.82. The Morgan fingerprint density at radius 1 is 1.28 bits per heavy atom. The van der Waals surface area contributed by atoms with Crippen molar-refractivity contribution < 1.29 is 9.52 Å². The van der Waals surface area contributed by atoms with Crippen LogP contribution in [0.4, 0.5) is 0 Å². The standard InChI is InChI=1S/C14H16BrNO2/c1-9-6-7-13(18-9)14(17)11(8-16)10-4-2-3-5-12(10)15/h2-7,11,14,17H,8,16H2,1H3. The minimum absolute atomic E-state index is 0.189. The van der Waals surface area contributed by atoms with Gasteiger partial charge in [-0.05, 0) is 30.7 Å². The average Bonchev–Trinajstić information content (AvgIpc) is 2.79. The zero-order valence-corrected chi connectivity index (χ0v) is 11.7. The molecular formula is C14H16BrNO2. The van der Waals surface area contributed by atoms with Crippen molar-refractivity contribution >= 4 is 15.9 Å². The average molecular weight is 310 g/mol. The summed E-state index contributed by atoms with van der Waals surface area (Å²) in [5.41, 5.74) is 6.78. The molecule has 3 N–H and O–H groups in total. The zero-order chi connectivity index (χ0) is 13.1. The number of aliphatic hydroxyl groups is 1. The van der Waals surface area contributed by atoms with Crippen molar-refractivity contribution in [1.82, 2.24) is 0 Å². The summed E-state index contributed by atoms with van der Waals surface area (Å²) in [7, 11) is 0. The summed E-state index contributed by atoms with van der Waals surface area (Å²) < 4.78 is 6.42. The first-order chi connectivity index (χ1) is 8.63. The SMILES string of the molecule is Cc1ccc(C(O)C(CN)c2ccccc2Br)o1. The van der Waals surface area contributed by atoms with Crippen molar-refractivity contribution in [3.63, 3.8) is 0 Å². The van der Waals surface area contributed by atoms with E-state index in [2.05, 4.69) is 15.9 Å². The number of hydrogen-bond donors (Lipinski definition) is 2. The maximum absolute atomic E-state index is 10.4. The Balaban J connectivity index is 2.32. The van der Waals surface area contributed by atoms with Crippen LogP contribution in [0, 0.1) is 6.92 Å². The van der Waals surface area contributed by atoms with Crippen LogP contribution >= 0.6 is 15.9 Å². The lowest BCUT2D eigenvalue weighted by atomic mass is 9.92. The Bertz CT molecular complexity index is 524. The summed E-state index contributed by atoms with van der Waals surface area (Å²) in [6.45, 7) is 2.20. The van der Waals surface area contributed by atoms with Gasteiger partial charge in [0, 0.05) is 16.9 Å². The monoisotopic (exact) mass is 309 g/mol.